The first-order valence-electron chi connectivity index (χ1n) is 5.05. The van der Waals surface area contributed by atoms with Gasteiger partial charge in [-0.1, -0.05) is 25.6 Å². The van der Waals surface area contributed by atoms with Gasteiger partial charge in [0.15, 0.2) is 0 Å². The molecule has 5 heteroatoms. The Balaban J connectivity index is 2.89. The molecule has 0 aromatic rings. The molecule has 1 saturated heterocycles. The molecule has 0 aromatic heterocycles. The van der Waals surface area contributed by atoms with Crippen molar-refractivity contribution >= 4 is 23.0 Å². The summed E-state index contributed by atoms with van der Waals surface area (Å²) in [6.45, 7) is 6.11. The van der Waals surface area contributed by atoms with Crippen molar-refractivity contribution < 1.29 is 14.7 Å². The average Bonchev–Trinajstić information content (AvgIpc) is 2.49. The van der Waals surface area contributed by atoms with Crippen LogP contribution < -0.4 is 0 Å². The Hall–Kier alpha value is -0.710. The van der Waals surface area contributed by atoms with E-state index in [0.717, 1.165) is 0 Å². The number of carbonyl (C=O) groups is 2. The van der Waals surface area contributed by atoms with E-state index in [1.807, 2.05) is 13.8 Å². The number of thioether (sulfide) groups is 1. The Morgan fingerprint density at radius 3 is 2.60 bits per heavy atom. The van der Waals surface area contributed by atoms with Crippen LogP contribution in [-0.4, -0.2) is 39.1 Å². The van der Waals surface area contributed by atoms with Gasteiger partial charge >= 0.3 is 5.97 Å². The zero-order chi connectivity index (χ0) is 11.6. The maximum Gasteiger partial charge on any atom is 0.329 e. The Bertz CT molecular complexity index is 280. The highest BCUT2D eigenvalue weighted by atomic mass is 32.2. The third kappa shape index (κ3) is 2.45. The Morgan fingerprint density at radius 2 is 2.27 bits per heavy atom. The molecule has 4 nitrogen and oxygen atoms in total. The minimum atomic E-state index is -1.05. The van der Waals surface area contributed by atoms with Gasteiger partial charge in [-0.25, -0.2) is 4.79 Å². The van der Waals surface area contributed by atoms with E-state index in [0.29, 0.717) is 18.7 Å². The zero-order valence-corrected chi connectivity index (χ0v) is 10.1. The van der Waals surface area contributed by atoms with E-state index in [1.54, 1.807) is 6.92 Å². The monoisotopic (exact) mass is 231 g/mol. The van der Waals surface area contributed by atoms with Gasteiger partial charge in [0.25, 0.3) is 5.24 Å². The molecule has 1 rings (SSSR count). The molecular formula is C10H17NO3S. The molecule has 0 radical (unpaired) electrons. The molecular weight excluding hydrogens is 214 g/mol. The van der Waals surface area contributed by atoms with E-state index in [-0.39, 0.29) is 11.2 Å². The van der Waals surface area contributed by atoms with E-state index in [2.05, 4.69) is 0 Å². The maximum atomic E-state index is 11.5. The van der Waals surface area contributed by atoms with Crippen LogP contribution in [0.15, 0.2) is 0 Å². The molecule has 0 saturated carbocycles. The highest BCUT2D eigenvalue weighted by Gasteiger charge is 2.44. The largest absolute Gasteiger partial charge is 0.480 e. The predicted molar refractivity (Wildman–Crippen MR) is 60.1 cm³/mol. The molecule has 1 unspecified atom stereocenters. The molecule has 1 aliphatic heterocycles. The Morgan fingerprint density at radius 1 is 1.67 bits per heavy atom. The SMILES string of the molecule is CC(C)CC(C)(C(=O)O)N1CCSC1=O. The fourth-order valence-corrected chi connectivity index (χ4v) is 2.85. The molecule has 15 heavy (non-hydrogen) atoms. The lowest BCUT2D eigenvalue weighted by atomic mass is 9.89. The minimum absolute atomic E-state index is 0.111. The number of carbonyl (C=O) groups excluding carboxylic acids is 1. The second kappa shape index (κ2) is 4.43. The molecule has 86 valence electrons. The van der Waals surface area contributed by atoms with Gasteiger partial charge in [-0.15, -0.1) is 0 Å². The molecule has 0 aliphatic carbocycles. The van der Waals surface area contributed by atoms with Crippen LogP contribution in [0.3, 0.4) is 0 Å². The summed E-state index contributed by atoms with van der Waals surface area (Å²) in [5.41, 5.74) is -1.05. The van der Waals surface area contributed by atoms with Gasteiger partial charge in [0, 0.05) is 12.3 Å². The van der Waals surface area contributed by atoms with Crippen LogP contribution in [0, 0.1) is 5.92 Å². The summed E-state index contributed by atoms with van der Waals surface area (Å²) in [6, 6.07) is 0. The molecule has 0 bridgehead atoms. The van der Waals surface area contributed by atoms with Crippen molar-refractivity contribution in [1.82, 2.24) is 4.90 Å². The number of aliphatic carboxylic acids is 1. The Labute approximate surface area is 94.0 Å². The maximum absolute atomic E-state index is 11.5. The van der Waals surface area contributed by atoms with Crippen LogP contribution >= 0.6 is 11.8 Å². The summed E-state index contributed by atoms with van der Waals surface area (Å²) in [4.78, 5) is 24.3. The number of hydrogen-bond acceptors (Lipinski definition) is 3. The van der Waals surface area contributed by atoms with Gasteiger partial charge in [-0.3, -0.25) is 4.79 Å². The topological polar surface area (TPSA) is 57.6 Å². The van der Waals surface area contributed by atoms with Crippen LogP contribution in [-0.2, 0) is 4.79 Å². The summed E-state index contributed by atoms with van der Waals surface area (Å²) >= 11 is 1.20. The van der Waals surface area contributed by atoms with E-state index in [4.69, 9.17) is 0 Å². The van der Waals surface area contributed by atoms with Gasteiger partial charge < -0.3 is 10.0 Å². The number of rotatable bonds is 4. The predicted octanol–water partition coefficient (Wildman–Crippen LogP) is 2.04. The van der Waals surface area contributed by atoms with Crippen molar-refractivity contribution in [2.75, 3.05) is 12.3 Å². The Kier molecular flexibility index (Phi) is 3.65. The van der Waals surface area contributed by atoms with E-state index in [9.17, 15) is 14.7 Å². The summed E-state index contributed by atoms with van der Waals surface area (Å²) in [5.74, 6) is 0.0383. The van der Waals surface area contributed by atoms with Crippen LogP contribution in [0.25, 0.3) is 0 Å². The number of amides is 1. The van der Waals surface area contributed by atoms with Crippen LogP contribution in [0.4, 0.5) is 4.79 Å². The summed E-state index contributed by atoms with van der Waals surface area (Å²) in [5, 5.41) is 9.15. The fraction of sp³-hybridized carbons (Fsp3) is 0.800. The minimum Gasteiger partial charge on any atom is -0.480 e. The quantitative estimate of drug-likeness (QED) is 0.804. The molecule has 1 heterocycles. The normalized spacial score (nSPS) is 20.8. The van der Waals surface area contributed by atoms with Crippen molar-refractivity contribution in [3.05, 3.63) is 0 Å². The lowest BCUT2D eigenvalue weighted by Gasteiger charge is -2.35. The van der Waals surface area contributed by atoms with Gasteiger partial charge in [-0.2, -0.15) is 0 Å². The fourth-order valence-electron chi connectivity index (χ4n) is 1.95. The van der Waals surface area contributed by atoms with Crippen molar-refractivity contribution in [2.24, 2.45) is 5.92 Å². The molecule has 1 aliphatic rings. The number of carboxylic acid groups (broad SMARTS) is 1. The standard InChI is InChI=1S/C10H17NO3S/c1-7(2)6-10(3,8(12)13)11-4-5-15-9(11)14/h7H,4-6H2,1-3H3,(H,12,13). The van der Waals surface area contributed by atoms with Crippen molar-refractivity contribution in [3.63, 3.8) is 0 Å². The molecule has 0 aromatic carbocycles. The third-order valence-corrected chi connectivity index (χ3v) is 3.48. The zero-order valence-electron chi connectivity index (χ0n) is 9.32. The van der Waals surface area contributed by atoms with E-state index < -0.39 is 11.5 Å². The van der Waals surface area contributed by atoms with Crippen LogP contribution in [0.1, 0.15) is 27.2 Å². The number of hydrogen-bond donors (Lipinski definition) is 1. The van der Waals surface area contributed by atoms with Crippen molar-refractivity contribution in [1.29, 1.82) is 0 Å². The summed E-state index contributed by atoms with van der Waals surface area (Å²) in [6.07, 6.45) is 0.495. The first-order chi connectivity index (χ1) is 6.88. The third-order valence-electron chi connectivity index (χ3n) is 2.62. The summed E-state index contributed by atoms with van der Waals surface area (Å²) < 4.78 is 0. The molecule has 0 spiro atoms. The van der Waals surface area contributed by atoms with E-state index in [1.165, 1.54) is 16.7 Å². The van der Waals surface area contributed by atoms with Crippen molar-refractivity contribution in [3.8, 4) is 0 Å². The number of nitrogens with zero attached hydrogens (tertiary/aromatic N) is 1. The van der Waals surface area contributed by atoms with Gasteiger partial charge in [-0.05, 0) is 19.3 Å². The highest BCUT2D eigenvalue weighted by Crippen LogP contribution is 2.31. The smallest absolute Gasteiger partial charge is 0.329 e. The average molecular weight is 231 g/mol. The first-order valence-corrected chi connectivity index (χ1v) is 6.04. The van der Waals surface area contributed by atoms with Gasteiger partial charge in [0.2, 0.25) is 0 Å². The molecule has 1 fully saturated rings. The van der Waals surface area contributed by atoms with Gasteiger partial charge in [0.05, 0.1) is 0 Å². The lowest BCUT2D eigenvalue weighted by Crippen LogP contribution is -2.53. The second-order valence-corrected chi connectivity index (χ2v) is 5.49. The van der Waals surface area contributed by atoms with E-state index >= 15 is 0 Å². The second-order valence-electron chi connectivity index (χ2n) is 4.44. The van der Waals surface area contributed by atoms with Crippen LogP contribution in [0.5, 0.6) is 0 Å². The summed E-state index contributed by atoms with van der Waals surface area (Å²) in [7, 11) is 0. The molecule has 1 amide bonds. The molecule has 1 atom stereocenters. The molecule has 1 N–H and O–H groups in total. The number of carboxylic acids is 1. The van der Waals surface area contributed by atoms with Gasteiger partial charge in [0.1, 0.15) is 5.54 Å². The highest BCUT2D eigenvalue weighted by molar-refractivity contribution is 8.13. The first kappa shape index (κ1) is 12.4. The van der Waals surface area contributed by atoms with Crippen molar-refractivity contribution in [2.45, 2.75) is 32.7 Å². The van der Waals surface area contributed by atoms with Crippen LogP contribution in [0.2, 0.25) is 0 Å². The lowest BCUT2D eigenvalue weighted by molar-refractivity contribution is -0.149.